The Bertz CT molecular complexity index is 994. The SMILES string of the molecule is N#Cc1c(N2CCC(c3cccc(C(F)(F)F)c3)CC2)ccn(CC2CC2)c1=O. The molecule has 0 atom stereocenters. The number of hydrogen-bond acceptors (Lipinski definition) is 3. The number of alkyl halides is 3. The highest BCUT2D eigenvalue weighted by Crippen LogP contribution is 2.35. The number of rotatable bonds is 4. The number of nitriles is 1. The molecule has 0 unspecified atom stereocenters. The molecule has 0 N–H and O–H groups in total. The fourth-order valence-electron chi connectivity index (χ4n) is 4.08. The van der Waals surface area contributed by atoms with Crippen molar-refractivity contribution in [2.45, 2.75) is 44.3 Å². The van der Waals surface area contributed by atoms with E-state index in [2.05, 4.69) is 6.07 Å². The molecule has 1 saturated carbocycles. The van der Waals surface area contributed by atoms with Gasteiger partial charge in [-0.1, -0.05) is 18.2 Å². The Morgan fingerprint density at radius 1 is 1.10 bits per heavy atom. The maximum Gasteiger partial charge on any atom is 0.416 e. The van der Waals surface area contributed by atoms with Crippen LogP contribution in [-0.4, -0.2) is 17.7 Å². The van der Waals surface area contributed by atoms with E-state index in [4.69, 9.17) is 0 Å². The molecule has 0 radical (unpaired) electrons. The maximum atomic E-state index is 13.0. The Kier molecular flexibility index (Phi) is 5.12. The predicted molar refractivity (Wildman–Crippen MR) is 104 cm³/mol. The molecule has 1 aromatic carbocycles. The second-order valence-corrected chi connectivity index (χ2v) is 7.97. The Labute approximate surface area is 167 Å². The van der Waals surface area contributed by atoms with E-state index >= 15 is 0 Å². The van der Waals surface area contributed by atoms with E-state index in [0.717, 1.165) is 18.9 Å². The van der Waals surface area contributed by atoms with Crippen LogP contribution in [0, 0.1) is 17.2 Å². The fourth-order valence-corrected chi connectivity index (χ4v) is 4.08. The van der Waals surface area contributed by atoms with Gasteiger partial charge in [-0.2, -0.15) is 18.4 Å². The van der Waals surface area contributed by atoms with Crippen LogP contribution in [0.25, 0.3) is 0 Å². The molecule has 0 amide bonds. The summed E-state index contributed by atoms with van der Waals surface area (Å²) in [5, 5.41) is 9.54. The van der Waals surface area contributed by atoms with Gasteiger partial charge >= 0.3 is 6.18 Å². The van der Waals surface area contributed by atoms with Gasteiger partial charge in [-0.15, -0.1) is 0 Å². The van der Waals surface area contributed by atoms with Gasteiger partial charge in [-0.3, -0.25) is 4.79 Å². The van der Waals surface area contributed by atoms with Crippen molar-refractivity contribution in [2.75, 3.05) is 18.0 Å². The van der Waals surface area contributed by atoms with Crippen molar-refractivity contribution in [3.05, 3.63) is 63.6 Å². The van der Waals surface area contributed by atoms with Crippen LogP contribution in [0.4, 0.5) is 18.9 Å². The molecule has 2 aromatic rings. The molecule has 152 valence electrons. The molecule has 1 saturated heterocycles. The third-order valence-electron chi connectivity index (χ3n) is 5.93. The summed E-state index contributed by atoms with van der Waals surface area (Å²) in [6, 6.07) is 9.42. The lowest BCUT2D eigenvalue weighted by Gasteiger charge is -2.34. The topological polar surface area (TPSA) is 49.0 Å². The van der Waals surface area contributed by atoms with Crippen molar-refractivity contribution in [1.29, 1.82) is 5.26 Å². The lowest BCUT2D eigenvalue weighted by atomic mass is 9.88. The van der Waals surface area contributed by atoms with Crippen molar-refractivity contribution >= 4 is 5.69 Å². The molecule has 0 bridgehead atoms. The second-order valence-electron chi connectivity index (χ2n) is 7.97. The lowest BCUT2D eigenvalue weighted by molar-refractivity contribution is -0.137. The van der Waals surface area contributed by atoms with Crippen LogP contribution in [0.3, 0.4) is 0 Å². The van der Waals surface area contributed by atoms with E-state index in [-0.39, 0.29) is 17.0 Å². The van der Waals surface area contributed by atoms with Gasteiger partial charge in [0.05, 0.1) is 11.3 Å². The summed E-state index contributed by atoms with van der Waals surface area (Å²) < 4.78 is 40.6. The third-order valence-corrected chi connectivity index (χ3v) is 5.93. The van der Waals surface area contributed by atoms with Gasteiger partial charge in [0, 0.05) is 25.8 Å². The molecule has 2 aliphatic rings. The monoisotopic (exact) mass is 401 g/mol. The van der Waals surface area contributed by atoms with Gasteiger partial charge in [0.1, 0.15) is 11.6 Å². The molecule has 1 aromatic heterocycles. The van der Waals surface area contributed by atoms with Gasteiger partial charge in [0.25, 0.3) is 5.56 Å². The molecule has 1 aliphatic carbocycles. The van der Waals surface area contributed by atoms with Crippen molar-refractivity contribution in [2.24, 2.45) is 5.92 Å². The first kappa shape index (κ1) is 19.6. The van der Waals surface area contributed by atoms with Gasteiger partial charge < -0.3 is 9.47 Å². The van der Waals surface area contributed by atoms with Crippen LogP contribution in [0.2, 0.25) is 0 Å². The zero-order chi connectivity index (χ0) is 20.6. The first-order valence-corrected chi connectivity index (χ1v) is 9.92. The number of aromatic nitrogens is 1. The number of nitrogens with zero attached hydrogens (tertiary/aromatic N) is 3. The molecule has 2 heterocycles. The zero-order valence-electron chi connectivity index (χ0n) is 16.0. The van der Waals surface area contributed by atoms with Crippen LogP contribution in [-0.2, 0) is 12.7 Å². The molecular weight excluding hydrogens is 379 g/mol. The minimum absolute atomic E-state index is 0.0364. The molecule has 0 spiro atoms. The van der Waals surface area contributed by atoms with Crippen molar-refractivity contribution in [3.8, 4) is 6.07 Å². The van der Waals surface area contributed by atoms with Crippen molar-refractivity contribution in [1.82, 2.24) is 4.57 Å². The Morgan fingerprint density at radius 2 is 1.83 bits per heavy atom. The van der Waals surface area contributed by atoms with Crippen LogP contribution in [0.5, 0.6) is 0 Å². The quantitative estimate of drug-likeness (QED) is 0.756. The Balaban J connectivity index is 1.49. The maximum absolute atomic E-state index is 13.0. The average Bonchev–Trinajstić information content (AvgIpc) is 3.53. The van der Waals surface area contributed by atoms with Crippen molar-refractivity contribution in [3.63, 3.8) is 0 Å². The first-order valence-electron chi connectivity index (χ1n) is 9.92. The van der Waals surface area contributed by atoms with Gasteiger partial charge in [-0.25, -0.2) is 0 Å². The number of piperidine rings is 1. The Hall–Kier alpha value is -2.75. The molecule has 1 aliphatic heterocycles. The second kappa shape index (κ2) is 7.58. The van der Waals surface area contributed by atoms with Gasteiger partial charge in [0.2, 0.25) is 0 Å². The van der Waals surface area contributed by atoms with Crippen LogP contribution in [0.1, 0.15) is 48.3 Å². The molecule has 4 rings (SSSR count). The van der Waals surface area contributed by atoms with Crippen molar-refractivity contribution < 1.29 is 13.2 Å². The van der Waals surface area contributed by atoms with Crippen LogP contribution in [0.15, 0.2) is 41.3 Å². The summed E-state index contributed by atoms with van der Waals surface area (Å²) >= 11 is 0. The van der Waals surface area contributed by atoms with E-state index < -0.39 is 11.7 Å². The number of benzene rings is 1. The van der Waals surface area contributed by atoms with Gasteiger partial charge in [-0.05, 0) is 55.2 Å². The largest absolute Gasteiger partial charge is 0.416 e. The number of halogens is 3. The summed E-state index contributed by atoms with van der Waals surface area (Å²) in [5.74, 6) is 0.572. The minimum atomic E-state index is -4.34. The summed E-state index contributed by atoms with van der Waals surface area (Å²) in [5.41, 5.74) is 0.609. The number of hydrogen-bond donors (Lipinski definition) is 0. The smallest absolute Gasteiger partial charge is 0.370 e. The summed E-state index contributed by atoms with van der Waals surface area (Å²) in [4.78, 5) is 14.7. The molecule has 29 heavy (non-hydrogen) atoms. The van der Waals surface area contributed by atoms with Gasteiger partial charge in [0.15, 0.2) is 0 Å². The molecule has 7 heteroatoms. The fraction of sp³-hybridized carbons (Fsp3) is 0.455. The highest BCUT2D eigenvalue weighted by molar-refractivity contribution is 5.58. The summed E-state index contributed by atoms with van der Waals surface area (Å²) in [6.45, 7) is 1.86. The summed E-state index contributed by atoms with van der Waals surface area (Å²) in [6.07, 6.45) is 1.02. The average molecular weight is 401 g/mol. The third kappa shape index (κ3) is 4.16. The van der Waals surface area contributed by atoms with E-state index in [9.17, 15) is 23.2 Å². The van der Waals surface area contributed by atoms with Crippen LogP contribution < -0.4 is 10.5 Å². The predicted octanol–water partition coefficient (Wildman–Crippen LogP) is 4.53. The summed E-state index contributed by atoms with van der Waals surface area (Å²) in [7, 11) is 0. The molecule has 4 nitrogen and oxygen atoms in total. The normalized spacial score (nSPS) is 17.9. The highest BCUT2D eigenvalue weighted by atomic mass is 19.4. The lowest BCUT2D eigenvalue weighted by Crippen LogP contribution is -2.35. The Morgan fingerprint density at radius 3 is 2.45 bits per heavy atom. The van der Waals surface area contributed by atoms with E-state index in [0.29, 0.717) is 49.6 Å². The minimum Gasteiger partial charge on any atom is -0.370 e. The van der Waals surface area contributed by atoms with Crippen LogP contribution >= 0.6 is 0 Å². The number of anilines is 1. The first-order chi connectivity index (χ1) is 13.9. The highest BCUT2D eigenvalue weighted by Gasteiger charge is 2.32. The van der Waals surface area contributed by atoms with E-state index in [1.54, 1.807) is 16.8 Å². The molecule has 2 fully saturated rings. The standard InChI is InChI=1S/C22H22F3N3O/c23-22(24,25)18-3-1-2-17(12-18)16-6-9-27(10-7-16)20-8-11-28(14-15-4-5-15)21(29)19(20)13-26/h1-3,8,11-12,15-16H,4-7,9-10,14H2. The van der Waals surface area contributed by atoms with E-state index in [1.807, 2.05) is 11.0 Å². The van der Waals surface area contributed by atoms with E-state index in [1.165, 1.54) is 12.1 Å². The zero-order valence-corrected chi connectivity index (χ0v) is 16.0. The molecular formula is C22H22F3N3O. The number of pyridine rings is 1.